The lowest BCUT2D eigenvalue weighted by molar-refractivity contribution is 0.0525. The van der Waals surface area contributed by atoms with Gasteiger partial charge >= 0.3 is 5.97 Å². The Morgan fingerprint density at radius 1 is 0.786 bits per heavy atom. The van der Waals surface area contributed by atoms with Crippen LogP contribution in [0.25, 0.3) is 0 Å². The number of anilines is 1. The minimum Gasteiger partial charge on any atom is -0.462 e. The second-order valence-electron chi connectivity index (χ2n) is 7.54. The number of aromatic nitrogens is 2. The fourth-order valence-electron chi connectivity index (χ4n) is 3.26. The lowest BCUT2D eigenvalue weighted by Crippen LogP contribution is -2.09. The van der Waals surface area contributed by atoms with Gasteiger partial charge in [0.2, 0.25) is 5.95 Å². The van der Waals surface area contributed by atoms with Crippen LogP contribution in [0.15, 0.2) is 12.4 Å². The molecule has 0 bridgehead atoms. The summed E-state index contributed by atoms with van der Waals surface area (Å²) in [6, 6.07) is 0. The van der Waals surface area contributed by atoms with Gasteiger partial charge in [-0.15, -0.1) is 0 Å². The van der Waals surface area contributed by atoms with Crippen LogP contribution in [-0.2, 0) is 4.74 Å². The molecular weight excluding hydrogens is 350 g/mol. The molecule has 0 aliphatic carbocycles. The average molecular weight is 392 g/mol. The Balaban J connectivity index is 1.88. The van der Waals surface area contributed by atoms with Crippen LogP contribution < -0.4 is 5.32 Å². The molecule has 0 aliphatic heterocycles. The van der Waals surface area contributed by atoms with Crippen molar-refractivity contribution in [3.8, 4) is 0 Å². The molecule has 0 aromatic carbocycles. The first-order chi connectivity index (χ1) is 13.8. The highest BCUT2D eigenvalue weighted by molar-refractivity contribution is 5.88. The zero-order valence-electron chi connectivity index (χ0n) is 18.2. The van der Waals surface area contributed by atoms with E-state index in [-0.39, 0.29) is 5.97 Å². The zero-order chi connectivity index (χ0) is 20.3. The molecule has 0 aliphatic rings. The van der Waals surface area contributed by atoms with Crippen LogP contribution >= 0.6 is 0 Å². The number of hydrogen-bond donors (Lipinski definition) is 1. The number of hydrogen-bond acceptors (Lipinski definition) is 5. The number of nitrogens with zero attached hydrogens (tertiary/aromatic N) is 2. The van der Waals surface area contributed by atoms with Crippen molar-refractivity contribution in [1.82, 2.24) is 9.97 Å². The molecule has 5 heteroatoms. The topological polar surface area (TPSA) is 64.1 Å². The quantitative estimate of drug-likeness (QED) is 0.227. The van der Waals surface area contributed by atoms with Crippen LogP contribution in [0.5, 0.6) is 0 Å². The summed E-state index contributed by atoms with van der Waals surface area (Å²) >= 11 is 0. The van der Waals surface area contributed by atoms with Gasteiger partial charge in [0.05, 0.1) is 12.2 Å². The Kier molecular flexibility index (Phi) is 15.2. The Labute approximate surface area is 172 Å². The van der Waals surface area contributed by atoms with Crippen molar-refractivity contribution in [2.24, 2.45) is 0 Å². The van der Waals surface area contributed by atoms with E-state index in [1.807, 2.05) is 0 Å². The van der Waals surface area contributed by atoms with Crippen molar-refractivity contribution in [2.45, 2.75) is 104 Å². The normalized spacial score (nSPS) is 10.8. The molecule has 0 fully saturated rings. The van der Waals surface area contributed by atoms with Crippen molar-refractivity contribution >= 4 is 11.9 Å². The summed E-state index contributed by atoms with van der Waals surface area (Å²) in [6.45, 7) is 5.29. The SMILES string of the molecule is CCCCCCCCCCCCCCCCNc1ncc(C(=O)OCC)cn1. The third-order valence-corrected chi connectivity index (χ3v) is 4.98. The number of nitrogens with one attached hydrogen (secondary N) is 1. The van der Waals surface area contributed by atoms with Gasteiger partial charge < -0.3 is 10.1 Å². The predicted octanol–water partition coefficient (Wildman–Crippen LogP) is 6.55. The molecule has 5 nitrogen and oxygen atoms in total. The summed E-state index contributed by atoms with van der Waals surface area (Å²) in [6.07, 6.45) is 22.1. The van der Waals surface area contributed by atoms with Crippen molar-refractivity contribution in [3.63, 3.8) is 0 Å². The maximum Gasteiger partial charge on any atom is 0.341 e. The molecule has 0 radical (unpaired) electrons. The minimum absolute atomic E-state index is 0.359. The summed E-state index contributed by atoms with van der Waals surface area (Å²) in [4.78, 5) is 19.9. The highest BCUT2D eigenvalue weighted by Crippen LogP contribution is 2.13. The first-order valence-electron chi connectivity index (χ1n) is 11.5. The number of carbonyl (C=O) groups is 1. The van der Waals surface area contributed by atoms with Crippen LogP contribution in [-0.4, -0.2) is 29.1 Å². The van der Waals surface area contributed by atoms with Gasteiger partial charge in [-0.25, -0.2) is 14.8 Å². The molecule has 1 aromatic rings. The standard InChI is InChI=1S/C23H41N3O2/c1-3-5-6-7-8-9-10-11-12-13-14-15-16-17-18-24-23-25-19-21(20-26-23)22(27)28-4-2/h19-20H,3-18H2,1-2H3,(H,24,25,26). The summed E-state index contributed by atoms with van der Waals surface area (Å²) in [7, 11) is 0. The number of rotatable bonds is 18. The van der Waals surface area contributed by atoms with E-state index in [9.17, 15) is 4.79 Å². The third-order valence-electron chi connectivity index (χ3n) is 4.98. The molecule has 1 aromatic heterocycles. The summed E-state index contributed by atoms with van der Waals surface area (Å²) in [5, 5.41) is 3.21. The van der Waals surface area contributed by atoms with E-state index >= 15 is 0 Å². The molecule has 1 heterocycles. The van der Waals surface area contributed by atoms with Gasteiger partial charge in [-0.2, -0.15) is 0 Å². The second-order valence-corrected chi connectivity index (χ2v) is 7.54. The Bertz CT molecular complexity index is 491. The van der Waals surface area contributed by atoms with Gasteiger partial charge in [0.25, 0.3) is 0 Å². The minimum atomic E-state index is -0.374. The summed E-state index contributed by atoms with van der Waals surface area (Å²) < 4.78 is 4.92. The smallest absolute Gasteiger partial charge is 0.341 e. The van der Waals surface area contributed by atoms with Gasteiger partial charge in [-0.05, 0) is 13.3 Å². The molecule has 28 heavy (non-hydrogen) atoms. The lowest BCUT2D eigenvalue weighted by atomic mass is 10.0. The van der Waals surface area contributed by atoms with Gasteiger partial charge in [-0.1, -0.05) is 90.4 Å². The molecule has 160 valence electrons. The number of esters is 1. The Hall–Kier alpha value is -1.65. The molecule has 0 saturated heterocycles. The molecule has 0 atom stereocenters. The zero-order valence-corrected chi connectivity index (χ0v) is 18.2. The maximum absolute atomic E-state index is 11.5. The van der Waals surface area contributed by atoms with Crippen LogP contribution in [0.4, 0.5) is 5.95 Å². The summed E-state index contributed by atoms with van der Waals surface area (Å²) in [5.74, 6) is 0.198. The molecule has 0 spiro atoms. The van der Waals surface area contributed by atoms with Crippen LogP contribution in [0.2, 0.25) is 0 Å². The average Bonchev–Trinajstić information content (AvgIpc) is 2.71. The largest absolute Gasteiger partial charge is 0.462 e. The van der Waals surface area contributed by atoms with Crippen molar-refractivity contribution in [1.29, 1.82) is 0 Å². The van der Waals surface area contributed by atoms with Gasteiger partial charge in [0, 0.05) is 18.9 Å². The Morgan fingerprint density at radius 2 is 1.25 bits per heavy atom. The summed E-state index contributed by atoms with van der Waals surface area (Å²) in [5.41, 5.74) is 0.392. The van der Waals surface area contributed by atoms with Crippen LogP contribution in [0.1, 0.15) is 114 Å². The van der Waals surface area contributed by atoms with Crippen LogP contribution in [0.3, 0.4) is 0 Å². The van der Waals surface area contributed by atoms with Gasteiger partial charge in [-0.3, -0.25) is 0 Å². The van der Waals surface area contributed by atoms with E-state index in [1.54, 1.807) is 6.92 Å². The van der Waals surface area contributed by atoms with E-state index < -0.39 is 0 Å². The van der Waals surface area contributed by atoms with E-state index in [0.717, 1.165) is 13.0 Å². The van der Waals surface area contributed by atoms with Crippen molar-refractivity contribution < 1.29 is 9.53 Å². The van der Waals surface area contributed by atoms with Crippen LogP contribution in [0, 0.1) is 0 Å². The fraction of sp³-hybridized carbons (Fsp3) is 0.783. The highest BCUT2D eigenvalue weighted by atomic mass is 16.5. The second kappa shape index (κ2) is 17.4. The molecule has 0 amide bonds. The highest BCUT2D eigenvalue weighted by Gasteiger charge is 2.07. The molecular formula is C23H41N3O2. The van der Waals surface area contributed by atoms with E-state index in [2.05, 4.69) is 22.2 Å². The molecule has 1 rings (SSSR count). The fourth-order valence-corrected chi connectivity index (χ4v) is 3.26. The third kappa shape index (κ3) is 12.7. The van der Waals surface area contributed by atoms with Gasteiger partial charge in [0.15, 0.2) is 0 Å². The van der Waals surface area contributed by atoms with Gasteiger partial charge in [0.1, 0.15) is 0 Å². The molecule has 0 saturated carbocycles. The lowest BCUT2D eigenvalue weighted by Gasteiger charge is -2.06. The number of ether oxygens (including phenoxy) is 1. The van der Waals surface area contributed by atoms with E-state index in [1.165, 1.54) is 95.9 Å². The maximum atomic E-state index is 11.5. The monoisotopic (exact) mass is 391 g/mol. The number of unbranched alkanes of at least 4 members (excludes halogenated alkanes) is 13. The molecule has 1 N–H and O–H groups in total. The first-order valence-corrected chi connectivity index (χ1v) is 11.5. The predicted molar refractivity (Wildman–Crippen MR) is 117 cm³/mol. The first kappa shape index (κ1) is 24.4. The van der Waals surface area contributed by atoms with E-state index in [0.29, 0.717) is 18.1 Å². The number of carbonyl (C=O) groups excluding carboxylic acids is 1. The Morgan fingerprint density at radius 3 is 1.71 bits per heavy atom. The van der Waals surface area contributed by atoms with E-state index in [4.69, 9.17) is 4.74 Å². The molecule has 0 unspecified atom stereocenters. The van der Waals surface area contributed by atoms with Crippen molar-refractivity contribution in [2.75, 3.05) is 18.5 Å². The van der Waals surface area contributed by atoms with Crippen molar-refractivity contribution in [3.05, 3.63) is 18.0 Å².